The zero-order valence-corrected chi connectivity index (χ0v) is 13.0. The Morgan fingerprint density at radius 3 is 2.82 bits per heavy atom. The van der Waals surface area contributed by atoms with Crippen LogP contribution in [0.4, 0.5) is 0 Å². The predicted octanol–water partition coefficient (Wildman–Crippen LogP) is 2.74. The first-order chi connectivity index (χ1) is 10.7. The molecular formula is C18H21N3O. The zero-order chi connectivity index (χ0) is 15.5. The van der Waals surface area contributed by atoms with Crippen LogP contribution in [0.3, 0.4) is 0 Å². The molecule has 114 valence electrons. The summed E-state index contributed by atoms with van der Waals surface area (Å²) in [5.41, 5.74) is 11.4. The van der Waals surface area contributed by atoms with Gasteiger partial charge in [-0.05, 0) is 37.2 Å². The molecule has 0 spiro atoms. The van der Waals surface area contributed by atoms with Gasteiger partial charge in [-0.15, -0.1) is 0 Å². The fraction of sp³-hybridized carbons (Fsp3) is 0.278. The molecule has 0 amide bonds. The third-order valence-electron chi connectivity index (χ3n) is 3.90. The van der Waals surface area contributed by atoms with Crippen LogP contribution in [0, 0.1) is 6.92 Å². The van der Waals surface area contributed by atoms with Crippen molar-refractivity contribution in [3.05, 3.63) is 65.1 Å². The Morgan fingerprint density at radius 1 is 1.23 bits per heavy atom. The summed E-state index contributed by atoms with van der Waals surface area (Å²) in [6.07, 6.45) is 3.64. The fourth-order valence-electron chi connectivity index (χ4n) is 2.82. The molecule has 0 unspecified atom stereocenters. The number of aromatic nitrogens is 2. The lowest BCUT2D eigenvalue weighted by Gasteiger charge is -2.08. The second-order valence-electron chi connectivity index (χ2n) is 5.46. The number of ether oxygens (including phenoxy) is 1. The van der Waals surface area contributed by atoms with Crippen LogP contribution >= 0.6 is 0 Å². The number of rotatable bonds is 5. The van der Waals surface area contributed by atoms with Crippen LogP contribution in [0.5, 0.6) is 5.75 Å². The number of fused-ring (bicyclic) bond motifs is 1. The molecule has 3 aromatic rings. The largest absolute Gasteiger partial charge is 0.496 e. The topological polar surface area (TPSA) is 52.5 Å². The summed E-state index contributed by atoms with van der Waals surface area (Å²) in [7, 11) is 1.70. The standard InChI is InChI=1S/C18H21N3O/c1-13-8-10-21-16(7-9-19)15(20-18(21)11-13)12-14-5-3-4-6-17(14)22-2/h3-6,8,10-11H,7,9,12,19H2,1-2H3. The molecule has 0 atom stereocenters. The third kappa shape index (κ3) is 2.70. The molecule has 1 aromatic carbocycles. The van der Waals surface area contributed by atoms with Gasteiger partial charge in [0.1, 0.15) is 11.4 Å². The number of imidazole rings is 1. The first kappa shape index (κ1) is 14.6. The lowest BCUT2D eigenvalue weighted by molar-refractivity contribution is 0.410. The minimum atomic E-state index is 0.612. The highest BCUT2D eigenvalue weighted by molar-refractivity contribution is 5.47. The molecule has 0 aliphatic carbocycles. The number of aryl methyl sites for hydroxylation is 1. The monoisotopic (exact) mass is 295 g/mol. The molecule has 0 aliphatic heterocycles. The maximum Gasteiger partial charge on any atom is 0.137 e. The van der Waals surface area contributed by atoms with E-state index in [-0.39, 0.29) is 0 Å². The normalized spacial score (nSPS) is 11.0. The number of nitrogens with zero attached hydrogens (tertiary/aromatic N) is 2. The highest BCUT2D eigenvalue weighted by Gasteiger charge is 2.14. The van der Waals surface area contributed by atoms with E-state index in [2.05, 4.69) is 35.7 Å². The highest BCUT2D eigenvalue weighted by atomic mass is 16.5. The number of para-hydroxylation sites is 1. The Kier molecular flexibility index (Phi) is 4.11. The van der Waals surface area contributed by atoms with E-state index in [1.165, 1.54) is 11.3 Å². The molecule has 0 saturated carbocycles. The van der Waals surface area contributed by atoms with Gasteiger partial charge in [0, 0.05) is 30.3 Å². The quantitative estimate of drug-likeness (QED) is 0.787. The molecule has 0 fully saturated rings. The summed E-state index contributed by atoms with van der Waals surface area (Å²) in [5, 5.41) is 0. The smallest absolute Gasteiger partial charge is 0.137 e. The van der Waals surface area contributed by atoms with Crippen molar-refractivity contribution in [2.45, 2.75) is 19.8 Å². The molecule has 2 aromatic heterocycles. The Balaban J connectivity index is 2.07. The van der Waals surface area contributed by atoms with Crippen LogP contribution in [-0.2, 0) is 12.8 Å². The molecule has 4 heteroatoms. The molecular weight excluding hydrogens is 274 g/mol. The first-order valence-corrected chi connectivity index (χ1v) is 7.51. The maximum absolute atomic E-state index is 5.79. The number of methoxy groups -OCH3 is 1. The average Bonchev–Trinajstić information content (AvgIpc) is 2.85. The number of hydrogen-bond donors (Lipinski definition) is 1. The van der Waals surface area contributed by atoms with E-state index in [1.54, 1.807) is 7.11 Å². The number of benzene rings is 1. The summed E-state index contributed by atoms with van der Waals surface area (Å²) in [4.78, 5) is 4.81. The van der Waals surface area contributed by atoms with Gasteiger partial charge in [0.15, 0.2) is 0 Å². The van der Waals surface area contributed by atoms with Crippen molar-refractivity contribution < 1.29 is 4.74 Å². The Hall–Kier alpha value is -2.33. The predicted molar refractivity (Wildman–Crippen MR) is 88.5 cm³/mol. The molecule has 0 radical (unpaired) electrons. The zero-order valence-electron chi connectivity index (χ0n) is 13.0. The first-order valence-electron chi connectivity index (χ1n) is 7.51. The summed E-state index contributed by atoms with van der Waals surface area (Å²) >= 11 is 0. The Labute approximate surface area is 130 Å². The lowest BCUT2D eigenvalue weighted by atomic mass is 10.1. The van der Waals surface area contributed by atoms with Crippen LogP contribution in [0.15, 0.2) is 42.6 Å². The Bertz CT molecular complexity index is 792. The Morgan fingerprint density at radius 2 is 2.05 bits per heavy atom. The van der Waals surface area contributed by atoms with Gasteiger partial charge in [-0.1, -0.05) is 18.2 Å². The summed E-state index contributed by atoms with van der Waals surface area (Å²) < 4.78 is 7.59. The third-order valence-corrected chi connectivity index (χ3v) is 3.90. The van der Waals surface area contributed by atoms with Gasteiger partial charge in [0.2, 0.25) is 0 Å². The maximum atomic E-state index is 5.79. The number of pyridine rings is 1. The summed E-state index contributed by atoms with van der Waals surface area (Å²) in [6.45, 7) is 2.69. The van der Waals surface area contributed by atoms with Crippen molar-refractivity contribution in [2.75, 3.05) is 13.7 Å². The SMILES string of the molecule is COc1ccccc1Cc1nc2cc(C)ccn2c1CCN. The number of nitrogens with two attached hydrogens (primary N) is 1. The van der Waals surface area contributed by atoms with E-state index in [0.717, 1.165) is 35.5 Å². The molecule has 0 bridgehead atoms. The van der Waals surface area contributed by atoms with Crippen molar-refractivity contribution in [1.82, 2.24) is 9.38 Å². The van der Waals surface area contributed by atoms with Crippen molar-refractivity contribution in [1.29, 1.82) is 0 Å². The van der Waals surface area contributed by atoms with Crippen LogP contribution in [0.25, 0.3) is 5.65 Å². The van der Waals surface area contributed by atoms with Crippen LogP contribution in [0.1, 0.15) is 22.5 Å². The van der Waals surface area contributed by atoms with Crippen LogP contribution in [-0.4, -0.2) is 23.0 Å². The lowest BCUT2D eigenvalue weighted by Crippen LogP contribution is -2.08. The second kappa shape index (κ2) is 6.20. The van der Waals surface area contributed by atoms with Crippen molar-refractivity contribution in [3.63, 3.8) is 0 Å². The van der Waals surface area contributed by atoms with Crippen molar-refractivity contribution in [2.24, 2.45) is 5.73 Å². The minimum Gasteiger partial charge on any atom is -0.496 e. The highest BCUT2D eigenvalue weighted by Crippen LogP contribution is 2.23. The fourth-order valence-corrected chi connectivity index (χ4v) is 2.82. The van der Waals surface area contributed by atoms with E-state index in [1.807, 2.05) is 18.2 Å². The molecule has 0 aliphatic rings. The van der Waals surface area contributed by atoms with Crippen LogP contribution in [0.2, 0.25) is 0 Å². The van der Waals surface area contributed by atoms with Crippen molar-refractivity contribution in [3.8, 4) is 5.75 Å². The van der Waals surface area contributed by atoms with E-state index in [4.69, 9.17) is 15.5 Å². The van der Waals surface area contributed by atoms with Gasteiger partial charge in [-0.3, -0.25) is 0 Å². The number of hydrogen-bond acceptors (Lipinski definition) is 3. The van der Waals surface area contributed by atoms with Gasteiger partial charge in [0.05, 0.1) is 12.8 Å². The molecule has 2 N–H and O–H groups in total. The van der Waals surface area contributed by atoms with Gasteiger partial charge < -0.3 is 14.9 Å². The van der Waals surface area contributed by atoms with Crippen molar-refractivity contribution >= 4 is 5.65 Å². The van der Waals surface area contributed by atoms with E-state index < -0.39 is 0 Å². The van der Waals surface area contributed by atoms with Gasteiger partial charge >= 0.3 is 0 Å². The molecule has 2 heterocycles. The van der Waals surface area contributed by atoms with E-state index in [0.29, 0.717) is 6.54 Å². The summed E-state index contributed by atoms with van der Waals surface area (Å²) in [6, 6.07) is 12.3. The molecule has 22 heavy (non-hydrogen) atoms. The molecule has 4 nitrogen and oxygen atoms in total. The second-order valence-corrected chi connectivity index (χ2v) is 5.46. The van der Waals surface area contributed by atoms with Gasteiger partial charge in [-0.25, -0.2) is 4.98 Å². The van der Waals surface area contributed by atoms with Gasteiger partial charge in [-0.2, -0.15) is 0 Å². The van der Waals surface area contributed by atoms with E-state index in [9.17, 15) is 0 Å². The molecule has 3 rings (SSSR count). The average molecular weight is 295 g/mol. The van der Waals surface area contributed by atoms with E-state index >= 15 is 0 Å². The summed E-state index contributed by atoms with van der Waals surface area (Å²) in [5.74, 6) is 0.898. The molecule has 0 saturated heterocycles. The minimum absolute atomic E-state index is 0.612. The van der Waals surface area contributed by atoms with Crippen LogP contribution < -0.4 is 10.5 Å². The van der Waals surface area contributed by atoms with Gasteiger partial charge in [0.25, 0.3) is 0 Å².